The molecule has 3 nitrogen and oxygen atoms in total. The summed E-state index contributed by atoms with van der Waals surface area (Å²) in [4.78, 5) is 16.2. The number of fused-ring (bicyclic) bond motifs is 1. The molecule has 128 valence electrons. The first-order chi connectivity index (χ1) is 11.8. The van der Waals surface area contributed by atoms with Crippen molar-refractivity contribution in [2.24, 2.45) is 0 Å². The molecular weight excluding hydrogens is 343 g/mol. The van der Waals surface area contributed by atoms with Gasteiger partial charge in [0.05, 0.1) is 16.8 Å². The fourth-order valence-corrected chi connectivity index (χ4v) is 2.35. The molecule has 0 bridgehead atoms. The normalized spacial score (nSPS) is 11.6. The average Bonchev–Trinajstić information content (AvgIpc) is 2.53. The molecular formula is C17H9F5N2O. The molecule has 0 fully saturated rings. The van der Waals surface area contributed by atoms with Crippen LogP contribution in [0.3, 0.4) is 0 Å². The van der Waals surface area contributed by atoms with E-state index < -0.39 is 34.8 Å². The summed E-state index contributed by atoms with van der Waals surface area (Å²) in [6.45, 7) is 0. The molecule has 3 aromatic rings. The number of anilines is 1. The van der Waals surface area contributed by atoms with Crippen molar-refractivity contribution in [3.05, 3.63) is 71.4 Å². The maximum absolute atomic E-state index is 13.9. The van der Waals surface area contributed by atoms with Crippen molar-refractivity contribution in [2.75, 3.05) is 5.32 Å². The van der Waals surface area contributed by atoms with Gasteiger partial charge in [0.1, 0.15) is 17.2 Å². The number of alkyl halides is 3. The number of carbonyl (C=O) groups is 1. The van der Waals surface area contributed by atoms with E-state index >= 15 is 0 Å². The Labute approximate surface area is 138 Å². The van der Waals surface area contributed by atoms with Gasteiger partial charge in [-0.15, -0.1) is 0 Å². The van der Waals surface area contributed by atoms with E-state index in [1.165, 1.54) is 12.3 Å². The highest BCUT2D eigenvalue weighted by Crippen LogP contribution is 2.32. The third kappa shape index (κ3) is 3.28. The van der Waals surface area contributed by atoms with Gasteiger partial charge in [-0.05, 0) is 36.4 Å². The first-order valence-electron chi connectivity index (χ1n) is 6.98. The van der Waals surface area contributed by atoms with Gasteiger partial charge in [0.2, 0.25) is 0 Å². The van der Waals surface area contributed by atoms with Gasteiger partial charge in [-0.3, -0.25) is 9.78 Å². The first kappa shape index (κ1) is 16.8. The summed E-state index contributed by atoms with van der Waals surface area (Å²) < 4.78 is 65.5. The quantitative estimate of drug-likeness (QED) is 0.674. The van der Waals surface area contributed by atoms with Crippen molar-refractivity contribution in [1.29, 1.82) is 0 Å². The van der Waals surface area contributed by atoms with Crippen molar-refractivity contribution >= 4 is 22.5 Å². The summed E-state index contributed by atoms with van der Waals surface area (Å²) in [5.74, 6) is -4.38. The van der Waals surface area contributed by atoms with Crippen LogP contribution in [0.2, 0.25) is 0 Å². The molecule has 1 heterocycles. The molecule has 0 spiro atoms. The van der Waals surface area contributed by atoms with Gasteiger partial charge >= 0.3 is 6.18 Å². The monoisotopic (exact) mass is 352 g/mol. The van der Waals surface area contributed by atoms with Crippen LogP contribution in [0.15, 0.2) is 48.7 Å². The Bertz CT molecular complexity index is 940. The van der Waals surface area contributed by atoms with Gasteiger partial charge in [-0.25, -0.2) is 8.78 Å². The lowest BCUT2D eigenvalue weighted by Gasteiger charge is -2.12. The number of pyridine rings is 1. The summed E-state index contributed by atoms with van der Waals surface area (Å²) in [6, 6.07) is 8.15. The fraction of sp³-hybridized carbons (Fsp3) is 0.0588. The predicted octanol–water partition coefficient (Wildman–Crippen LogP) is 4.78. The van der Waals surface area contributed by atoms with Crippen LogP contribution in [-0.2, 0) is 6.18 Å². The van der Waals surface area contributed by atoms with Crippen molar-refractivity contribution < 1.29 is 26.7 Å². The fourth-order valence-electron chi connectivity index (χ4n) is 2.35. The van der Waals surface area contributed by atoms with Crippen molar-refractivity contribution in [2.45, 2.75) is 6.18 Å². The number of hydrogen-bond donors (Lipinski definition) is 1. The number of nitrogens with one attached hydrogen (secondary N) is 1. The number of rotatable bonds is 2. The van der Waals surface area contributed by atoms with E-state index in [0.29, 0.717) is 10.9 Å². The molecule has 0 saturated heterocycles. The van der Waals surface area contributed by atoms with Gasteiger partial charge in [0.15, 0.2) is 0 Å². The lowest BCUT2D eigenvalue weighted by atomic mass is 10.1. The van der Waals surface area contributed by atoms with E-state index in [1.54, 1.807) is 24.3 Å². The van der Waals surface area contributed by atoms with Crippen LogP contribution in [-0.4, -0.2) is 10.9 Å². The standard InChI is InChI=1S/C17H9F5N2O/c18-11-7-9(17(20,21)22)8-12(19)15(11)16(25)24-14-5-1-4-13-10(14)3-2-6-23-13/h1-8H,(H,24,25). The molecule has 0 aliphatic rings. The van der Waals surface area contributed by atoms with E-state index in [9.17, 15) is 26.7 Å². The third-order valence-electron chi connectivity index (χ3n) is 3.49. The molecule has 1 aromatic heterocycles. The number of nitrogens with zero attached hydrogens (tertiary/aromatic N) is 1. The average molecular weight is 352 g/mol. The van der Waals surface area contributed by atoms with E-state index in [2.05, 4.69) is 10.3 Å². The van der Waals surface area contributed by atoms with Gasteiger partial charge in [-0.1, -0.05) is 6.07 Å². The van der Waals surface area contributed by atoms with Crippen molar-refractivity contribution in [3.8, 4) is 0 Å². The molecule has 0 saturated carbocycles. The lowest BCUT2D eigenvalue weighted by Crippen LogP contribution is -2.18. The second-order valence-electron chi connectivity index (χ2n) is 5.14. The molecule has 3 rings (SSSR count). The summed E-state index contributed by atoms with van der Waals surface area (Å²) >= 11 is 0. The number of hydrogen-bond acceptors (Lipinski definition) is 2. The summed E-state index contributed by atoms with van der Waals surface area (Å²) in [5.41, 5.74) is -1.83. The maximum Gasteiger partial charge on any atom is 0.416 e. The van der Waals surface area contributed by atoms with Gasteiger partial charge in [-0.2, -0.15) is 13.2 Å². The molecule has 8 heteroatoms. The van der Waals surface area contributed by atoms with Gasteiger partial charge < -0.3 is 5.32 Å². The molecule has 0 unspecified atom stereocenters. The molecule has 0 atom stereocenters. The Balaban J connectivity index is 1.99. The van der Waals surface area contributed by atoms with E-state index in [0.717, 1.165) is 0 Å². The molecule has 1 amide bonds. The Morgan fingerprint density at radius 1 is 1.00 bits per heavy atom. The minimum atomic E-state index is -4.92. The Kier molecular flexibility index (Phi) is 4.12. The van der Waals surface area contributed by atoms with Crippen LogP contribution >= 0.6 is 0 Å². The highest BCUT2D eigenvalue weighted by Gasteiger charge is 2.33. The van der Waals surface area contributed by atoms with Gasteiger partial charge in [0.25, 0.3) is 5.91 Å². The van der Waals surface area contributed by atoms with E-state index in [1.807, 2.05) is 0 Å². The van der Waals surface area contributed by atoms with Gasteiger partial charge in [0, 0.05) is 11.6 Å². The van der Waals surface area contributed by atoms with E-state index in [-0.39, 0.29) is 17.8 Å². The largest absolute Gasteiger partial charge is 0.416 e. The summed E-state index contributed by atoms with van der Waals surface area (Å²) in [5, 5.41) is 2.82. The number of aromatic nitrogens is 1. The minimum absolute atomic E-state index is 0.0860. The highest BCUT2D eigenvalue weighted by atomic mass is 19.4. The smallest absolute Gasteiger partial charge is 0.321 e. The highest BCUT2D eigenvalue weighted by molar-refractivity contribution is 6.08. The molecule has 25 heavy (non-hydrogen) atoms. The van der Waals surface area contributed by atoms with Crippen LogP contribution < -0.4 is 5.32 Å². The summed E-state index contributed by atoms with van der Waals surface area (Å²) in [6.07, 6.45) is -3.39. The minimum Gasteiger partial charge on any atom is -0.321 e. The SMILES string of the molecule is O=C(Nc1cccc2ncccc12)c1c(F)cc(C(F)(F)F)cc1F. The first-order valence-corrected chi connectivity index (χ1v) is 6.98. The second-order valence-corrected chi connectivity index (χ2v) is 5.14. The maximum atomic E-state index is 13.9. The van der Waals surface area contributed by atoms with Crippen LogP contribution in [0, 0.1) is 11.6 Å². The zero-order valence-corrected chi connectivity index (χ0v) is 12.4. The van der Waals surface area contributed by atoms with Crippen LogP contribution in [0.4, 0.5) is 27.6 Å². The number of carbonyl (C=O) groups excluding carboxylic acids is 1. The molecule has 2 aromatic carbocycles. The third-order valence-corrected chi connectivity index (χ3v) is 3.49. The van der Waals surface area contributed by atoms with Crippen LogP contribution in [0.25, 0.3) is 10.9 Å². The van der Waals surface area contributed by atoms with Crippen molar-refractivity contribution in [3.63, 3.8) is 0 Å². The number of benzene rings is 2. The predicted molar refractivity (Wildman–Crippen MR) is 81.1 cm³/mol. The zero-order valence-electron chi connectivity index (χ0n) is 12.4. The topological polar surface area (TPSA) is 42.0 Å². The molecule has 1 N–H and O–H groups in total. The van der Waals surface area contributed by atoms with Crippen LogP contribution in [0.5, 0.6) is 0 Å². The molecule has 0 aliphatic carbocycles. The molecule has 0 aliphatic heterocycles. The number of amides is 1. The molecule has 0 radical (unpaired) electrons. The van der Waals surface area contributed by atoms with E-state index in [4.69, 9.17) is 0 Å². The Morgan fingerprint density at radius 3 is 2.32 bits per heavy atom. The van der Waals surface area contributed by atoms with Crippen LogP contribution in [0.1, 0.15) is 15.9 Å². The zero-order chi connectivity index (χ0) is 18.2. The Hall–Kier alpha value is -3.03. The number of halogens is 5. The lowest BCUT2D eigenvalue weighted by molar-refractivity contribution is -0.138. The summed E-state index contributed by atoms with van der Waals surface area (Å²) in [7, 11) is 0. The second kappa shape index (κ2) is 6.12. The Morgan fingerprint density at radius 2 is 1.68 bits per heavy atom. The van der Waals surface area contributed by atoms with Crippen molar-refractivity contribution in [1.82, 2.24) is 4.98 Å².